The Balaban J connectivity index is 2.02. The highest BCUT2D eigenvalue weighted by Crippen LogP contribution is 2.26. The molecule has 0 aliphatic carbocycles. The van der Waals surface area contributed by atoms with E-state index in [1.807, 2.05) is 10.3 Å². The van der Waals surface area contributed by atoms with Gasteiger partial charge in [-0.1, -0.05) is 13.8 Å². The second kappa shape index (κ2) is 6.53. The summed E-state index contributed by atoms with van der Waals surface area (Å²) in [6.07, 6.45) is 0.369. The molecule has 1 aromatic rings. The fourth-order valence-electron chi connectivity index (χ4n) is 2.60. The first kappa shape index (κ1) is 15.9. The number of aliphatic carboxylic acids is 2. The summed E-state index contributed by atoms with van der Waals surface area (Å²) in [5.74, 6) is -3.31. The minimum Gasteiger partial charge on any atom is -0.481 e. The zero-order valence-electron chi connectivity index (χ0n) is 12.2. The van der Waals surface area contributed by atoms with Crippen molar-refractivity contribution in [3.05, 3.63) is 16.1 Å². The van der Waals surface area contributed by atoms with Crippen molar-refractivity contribution < 1.29 is 19.8 Å². The number of likely N-dealkylation sites (tertiary alicyclic amines) is 1. The summed E-state index contributed by atoms with van der Waals surface area (Å²) < 4.78 is 0. The summed E-state index contributed by atoms with van der Waals surface area (Å²) in [5, 5.41) is 21.4. The van der Waals surface area contributed by atoms with Gasteiger partial charge in [-0.15, -0.1) is 11.3 Å². The highest BCUT2D eigenvalue weighted by atomic mass is 32.1. The van der Waals surface area contributed by atoms with Crippen molar-refractivity contribution in [3.8, 4) is 0 Å². The van der Waals surface area contributed by atoms with Gasteiger partial charge in [0.2, 0.25) is 0 Å². The molecule has 21 heavy (non-hydrogen) atoms. The fraction of sp³-hybridized carbons (Fsp3) is 0.643. The summed E-state index contributed by atoms with van der Waals surface area (Å²) >= 11 is 1.61. The molecule has 2 N–H and O–H groups in total. The fourth-order valence-corrected chi connectivity index (χ4v) is 3.42. The van der Waals surface area contributed by atoms with Crippen LogP contribution in [0.2, 0.25) is 0 Å². The van der Waals surface area contributed by atoms with Crippen LogP contribution in [0.5, 0.6) is 0 Å². The third-order valence-electron chi connectivity index (χ3n) is 3.78. The molecular formula is C14H20N2O4S. The maximum Gasteiger partial charge on any atom is 0.308 e. The van der Waals surface area contributed by atoms with E-state index < -0.39 is 23.8 Å². The maximum absolute atomic E-state index is 11.3. The summed E-state index contributed by atoms with van der Waals surface area (Å²) in [6.45, 7) is 5.61. The molecule has 2 heterocycles. The molecule has 2 rings (SSSR count). The van der Waals surface area contributed by atoms with E-state index in [0.717, 1.165) is 10.7 Å². The Bertz CT molecular complexity index is 529. The molecule has 1 fully saturated rings. The van der Waals surface area contributed by atoms with Gasteiger partial charge in [0.05, 0.1) is 22.5 Å². The van der Waals surface area contributed by atoms with Gasteiger partial charge in [-0.3, -0.25) is 14.5 Å². The van der Waals surface area contributed by atoms with Crippen LogP contribution in [-0.2, 0) is 16.1 Å². The molecule has 0 bridgehead atoms. The van der Waals surface area contributed by atoms with Crippen molar-refractivity contribution in [2.75, 3.05) is 13.1 Å². The molecule has 0 saturated carbocycles. The first-order chi connectivity index (χ1) is 9.88. The molecule has 1 aromatic heterocycles. The molecule has 6 nitrogen and oxygen atoms in total. The van der Waals surface area contributed by atoms with Crippen LogP contribution in [0.1, 0.15) is 36.9 Å². The lowest BCUT2D eigenvalue weighted by Crippen LogP contribution is -2.46. The number of aromatic nitrogens is 1. The normalized spacial score (nSPS) is 23.4. The van der Waals surface area contributed by atoms with Crippen molar-refractivity contribution in [3.63, 3.8) is 0 Å². The first-order valence-electron chi connectivity index (χ1n) is 7.00. The Kier molecular flexibility index (Phi) is 4.95. The van der Waals surface area contributed by atoms with Crippen LogP contribution >= 0.6 is 11.3 Å². The lowest BCUT2D eigenvalue weighted by molar-refractivity contribution is -0.157. The van der Waals surface area contributed by atoms with Gasteiger partial charge in [-0.25, -0.2) is 4.98 Å². The molecule has 2 atom stereocenters. The van der Waals surface area contributed by atoms with Crippen molar-refractivity contribution in [2.45, 2.75) is 32.7 Å². The van der Waals surface area contributed by atoms with Gasteiger partial charge in [0.25, 0.3) is 0 Å². The average molecular weight is 312 g/mol. The molecular weight excluding hydrogens is 292 g/mol. The second-order valence-corrected chi connectivity index (χ2v) is 6.63. The minimum absolute atomic E-state index is 0.265. The smallest absolute Gasteiger partial charge is 0.308 e. The lowest BCUT2D eigenvalue weighted by Gasteiger charge is -2.34. The Labute approximate surface area is 127 Å². The monoisotopic (exact) mass is 312 g/mol. The number of thiazole rings is 1. The SMILES string of the molecule is CC(C)c1nc(CN2CCC(C(=O)O)C(C(=O)O)C2)cs1. The molecule has 0 amide bonds. The van der Waals surface area contributed by atoms with Gasteiger partial charge in [-0.2, -0.15) is 0 Å². The van der Waals surface area contributed by atoms with Crippen molar-refractivity contribution in [1.29, 1.82) is 0 Å². The van der Waals surface area contributed by atoms with Crippen LogP contribution in [0.4, 0.5) is 0 Å². The molecule has 1 aliphatic heterocycles. The largest absolute Gasteiger partial charge is 0.481 e. The van der Waals surface area contributed by atoms with E-state index in [0.29, 0.717) is 25.4 Å². The summed E-state index contributed by atoms with van der Waals surface area (Å²) in [5.41, 5.74) is 0.932. The Morgan fingerprint density at radius 2 is 2.05 bits per heavy atom. The molecule has 2 unspecified atom stereocenters. The summed E-state index contributed by atoms with van der Waals surface area (Å²) in [7, 11) is 0. The number of carboxylic acid groups (broad SMARTS) is 2. The minimum atomic E-state index is -1.03. The van der Waals surface area contributed by atoms with E-state index in [4.69, 9.17) is 5.11 Å². The van der Waals surface area contributed by atoms with Gasteiger partial charge in [0.1, 0.15) is 0 Å². The standard InChI is InChI=1S/C14H20N2O4S/c1-8(2)12-15-9(7-21-12)5-16-4-3-10(13(17)18)11(6-16)14(19)20/h7-8,10-11H,3-6H2,1-2H3,(H,17,18)(H,19,20). The van der Waals surface area contributed by atoms with Gasteiger partial charge >= 0.3 is 11.9 Å². The predicted octanol–water partition coefficient (Wildman–Crippen LogP) is 1.87. The lowest BCUT2D eigenvalue weighted by atomic mass is 9.85. The number of hydrogen-bond donors (Lipinski definition) is 2. The van der Waals surface area contributed by atoms with Gasteiger partial charge in [0.15, 0.2) is 0 Å². The topological polar surface area (TPSA) is 90.7 Å². The average Bonchev–Trinajstić information content (AvgIpc) is 2.87. The molecule has 0 aromatic carbocycles. The Morgan fingerprint density at radius 3 is 2.57 bits per heavy atom. The van der Waals surface area contributed by atoms with E-state index >= 15 is 0 Å². The van der Waals surface area contributed by atoms with Gasteiger partial charge in [-0.05, 0) is 13.0 Å². The van der Waals surface area contributed by atoms with E-state index in [-0.39, 0.29) is 6.54 Å². The number of rotatable bonds is 5. The predicted molar refractivity (Wildman–Crippen MR) is 78.3 cm³/mol. The van der Waals surface area contributed by atoms with E-state index in [2.05, 4.69) is 18.8 Å². The van der Waals surface area contributed by atoms with Crippen LogP contribution in [0, 0.1) is 11.8 Å². The van der Waals surface area contributed by atoms with Gasteiger partial charge < -0.3 is 10.2 Å². The molecule has 7 heteroatoms. The second-order valence-electron chi connectivity index (χ2n) is 5.75. The van der Waals surface area contributed by atoms with E-state index in [1.165, 1.54) is 0 Å². The molecule has 0 spiro atoms. The zero-order valence-corrected chi connectivity index (χ0v) is 13.0. The van der Waals surface area contributed by atoms with E-state index in [9.17, 15) is 14.7 Å². The first-order valence-corrected chi connectivity index (χ1v) is 7.88. The Morgan fingerprint density at radius 1 is 1.38 bits per heavy atom. The van der Waals surface area contributed by atoms with Crippen LogP contribution in [0.15, 0.2) is 5.38 Å². The number of carboxylic acids is 2. The summed E-state index contributed by atoms with van der Waals surface area (Å²) in [4.78, 5) is 28.9. The molecule has 0 radical (unpaired) electrons. The van der Waals surface area contributed by atoms with Gasteiger partial charge in [0, 0.05) is 24.4 Å². The molecule has 1 saturated heterocycles. The van der Waals surface area contributed by atoms with E-state index in [1.54, 1.807) is 11.3 Å². The zero-order chi connectivity index (χ0) is 15.6. The van der Waals surface area contributed by atoms with Crippen molar-refractivity contribution >= 4 is 23.3 Å². The van der Waals surface area contributed by atoms with Crippen molar-refractivity contribution in [2.24, 2.45) is 11.8 Å². The highest BCUT2D eigenvalue weighted by molar-refractivity contribution is 7.09. The Hall–Kier alpha value is -1.47. The van der Waals surface area contributed by atoms with Crippen LogP contribution < -0.4 is 0 Å². The third kappa shape index (κ3) is 3.79. The number of nitrogens with zero attached hydrogens (tertiary/aromatic N) is 2. The maximum atomic E-state index is 11.3. The third-order valence-corrected chi connectivity index (χ3v) is 4.97. The molecule has 116 valence electrons. The number of carbonyl (C=O) groups is 2. The number of hydrogen-bond acceptors (Lipinski definition) is 5. The van der Waals surface area contributed by atoms with Crippen LogP contribution in [0.3, 0.4) is 0 Å². The van der Waals surface area contributed by atoms with Crippen LogP contribution in [0.25, 0.3) is 0 Å². The quantitative estimate of drug-likeness (QED) is 0.862. The van der Waals surface area contributed by atoms with Crippen LogP contribution in [-0.4, -0.2) is 45.1 Å². The molecule has 1 aliphatic rings. The summed E-state index contributed by atoms with van der Waals surface area (Å²) in [6, 6.07) is 0. The number of piperidine rings is 1. The highest BCUT2D eigenvalue weighted by Gasteiger charge is 2.38. The van der Waals surface area contributed by atoms with Crippen molar-refractivity contribution in [1.82, 2.24) is 9.88 Å².